The van der Waals surface area contributed by atoms with Crippen molar-refractivity contribution in [3.8, 4) is 17.2 Å². The van der Waals surface area contributed by atoms with Crippen molar-refractivity contribution in [1.82, 2.24) is 9.55 Å². The van der Waals surface area contributed by atoms with Crippen molar-refractivity contribution in [2.24, 2.45) is 0 Å². The summed E-state index contributed by atoms with van der Waals surface area (Å²) in [6.07, 6.45) is 2.83. The highest BCUT2D eigenvalue weighted by atomic mass is 16.6. The van der Waals surface area contributed by atoms with Crippen molar-refractivity contribution in [3.63, 3.8) is 0 Å². The molecular weight excluding hydrogens is 438 g/mol. The third kappa shape index (κ3) is 6.24. The summed E-state index contributed by atoms with van der Waals surface area (Å²) in [5, 5.41) is 9.89. The molecule has 1 heterocycles. The van der Waals surface area contributed by atoms with Gasteiger partial charge in [-0.1, -0.05) is 62.7 Å². The van der Waals surface area contributed by atoms with Crippen LogP contribution in [0.3, 0.4) is 0 Å². The Morgan fingerprint density at radius 2 is 1.80 bits per heavy atom. The van der Waals surface area contributed by atoms with Crippen molar-refractivity contribution >= 4 is 11.8 Å². The van der Waals surface area contributed by atoms with Crippen LogP contribution in [0.25, 0.3) is 11.1 Å². The molecule has 0 atom stereocenters. The van der Waals surface area contributed by atoms with Gasteiger partial charge in [0.1, 0.15) is 23.2 Å². The fourth-order valence-corrected chi connectivity index (χ4v) is 3.91. The van der Waals surface area contributed by atoms with E-state index >= 15 is 0 Å². The van der Waals surface area contributed by atoms with Gasteiger partial charge < -0.3 is 9.30 Å². The molecule has 6 nitrogen and oxygen atoms in total. The molecule has 0 radical (unpaired) electrons. The minimum absolute atomic E-state index is 0.146. The Kier molecular flexibility index (Phi) is 8.24. The summed E-state index contributed by atoms with van der Waals surface area (Å²) in [4.78, 5) is 30.2. The van der Waals surface area contributed by atoms with Gasteiger partial charge in [-0.2, -0.15) is 5.26 Å². The Balaban J connectivity index is 2.10. The normalized spacial score (nSPS) is 11.2. The predicted molar refractivity (Wildman–Crippen MR) is 136 cm³/mol. The van der Waals surface area contributed by atoms with Crippen LogP contribution < -0.4 is 0 Å². The molecule has 0 saturated heterocycles. The number of nitriles is 1. The second-order valence-electron chi connectivity index (χ2n) is 9.55. The highest BCUT2D eigenvalue weighted by Gasteiger charge is 2.24. The summed E-state index contributed by atoms with van der Waals surface area (Å²) in [5.41, 5.74) is 2.85. The van der Waals surface area contributed by atoms with E-state index < -0.39 is 11.6 Å². The number of ketones is 1. The quantitative estimate of drug-likeness (QED) is 0.268. The summed E-state index contributed by atoms with van der Waals surface area (Å²) < 4.78 is 7.52. The molecule has 0 unspecified atom stereocenters. The monoisotopic (exact) mass is 471 g/mol. The lowest BCUT2D eigenvalue weighted by molar-refractivity contribution is 0.00702. The van der Waals surface area contributed by atoms with Gasteiger partial charge >= 0.3 is 5.97 Å². The van der Waals surface area contributed by atoms with Gasteiger partial charge in [0, 0.05) is 12.8 Å². The van der Waals surface area contributed by atoms with Crippen LogP contribution in [0.4, 0.5) is 0 Å². The number of unbranched alkanes of at least 4 members (excludes halogenated alkanes) is 1. The van der Waals surface area contributed by atoms with E-state index in [4.69, 9.17) is 4.74 Å². The molecule has 182 valence electrons. The van der Waals surface area contributed by atoms with Crippen molar-refractivity contribution in [1.29, 1.82) is 5.26 Å². The van der Waals surface area contributed by atoms with E-state index in [0.29, 0.717) is 24.4 Å². The number of carbonyl (C=O) groups is 2. The van der Waals surface area contributed by atoms with E-state index in [1.54, 1.807) is 6.92 Å². The highest BCUT2D eigenvalue weighted by molar-refractivity contribution is 5.98. The number of carbonyl (C=O) groups excluding carboxylic acids is 2. The fourth-order valence-electron chi connectivity index (χ4n) is 3.91. The number of esters is 1. The molecule has 0 fully saturated rings. The first-order valence-electron chi connectivity index (χ1n) is 12.1. The molecule has 0 saturated carbocycles. The number of rotatable bonds is 9. The van der Waals surface area contributed by atoms with Crippen molar-refractivity contribution in [3.05, 3.63) is 76.9 Å². The number of aryl methyl sites for hydroxylation is 1. The first-order chi connectivity index (χ1) is 16.7. The molecule has 0 amide bonds. The van der Waals surface area contributed by atoms with E-state index in [9.17, 15) is 14.9 Å². The Morgan fingerprint density at radius 1 is 1.09 bits per heavy atom. The summed E-state index contributed by atoms with van der Waals surface area (Å²) in [5.74, 6) is 0.162. The van der Waals surface area contributed by atoms with Crippen LogP contribution in [0.5, 0.6) is 0 Å². The standard InChI is InChI=1S/C29H33N3O3/c1-6-8-14-26-31-27(25(33)7-2)24(18-30)32(26)19-20-15-16-22(21-12-10-9-11-13-21)23(17-20)28(34)35-29(3,4)5/h9-13,15-17H,6-8,14,19H2,1-5H3. The van der Waals surface area contributed by atoms with Crippen LogP contribution in [0, 0.1) is 11.3 Å². The maximum atomic E-state index is 13.2. The zero-order valence-corrected chi connectivity index (χ0v) is 21.2. The number of imidazole rings is 1. The Labute approximate surface area is 207 Å². The maximum absolute atomic E-state index is 13.2. The molecule has 6 heteroatoms. The smallest absolute Gasteiger partial charge is 0.339 e. The molecule has 2 aromatic carbocycles. The lowest BCUT2D eigenvalue weighted by atomic mass is 9.97. The Bertz CT molecular complexity index is 1240. The maximum Gasteiger partial charge on any atom is 0.339 e. The lowest BCUT2D eigenvalue weighted by Crippen LogP contribution is -2.24. The molecule has 0 bridgehead atoms. The largest absolute Gasteiger partial charge is 0.456 e. The predicted octanol–water partition coefficient (Wildman–Crippen LogP) is 6.36. The molecule has 0 N–H and O–H groups in total. The van der Waals surface area contributed by atoms with E-state index in [1.165, 1.54) is 0 Å². The second kappa shape index (κ2) is 11.1. The summed E-state index contributed by atoms with van der Waals surface area (Å²) >= 11 is 0. The number of Topliss-reactive ketones (excluding diaryl/α,β-unsaturated/α-hetero) is 1. The van der Waals surface area contributed by atoms with Crippen LogP contribution in [-0.4, -0.2) is 26.9 Å². The van der Waals surface area contributed by atoms with Gasteiger partial charge in [-0.15, -0.1) is 0 Å². The first kappa shape index (κ1) is 25.9. The van der Waals surface area contributed by atoms with E-state index in [0.717, 1.165) is 29.5 Å². The summed E-state index contributed by atoms with van der Waals surface area (Å²) in [7, 11) is 0. The van der Waals surface area contributed by atoms with Gasteiger partial charge in [-0.25, -0.2) is 9.78 Å². The van der Waals surface area contributed by atoms with Crippen LogP contribution in [0.2, 0.25) is 0 Å². The average molecular weight is 472 g/mol. The third-order valence-electron chi connectivity index (χ3n) is 5.62. The third-order valence-corrected chi connectivity index (χ3v) is 5.62. The molecule has 35 heavy (non-hydrogen) atoms. The summed E-state index contributed by atoms with van der Waals surface area (Å²) in [6.45, 7) is 9.71. The molecule has 0 spiro atoms. The Hall–Kier alpha value is -3.72. The van der Waals surface area contributed by atoms with Crippen molar-refractivity contribution < 1.29 is 14.3 Å². The van der Waals surface area contributed by atoms with Crippen molar-refractivity contribution in [2.75, 3.05) is 0 Å². The molecule has 0 aliphatic carbocycles. The van der Waals surface area contributed by atoms with Gasteiger partial charge in [0.05, 0.1) is 12.1 Å². The number of hydrogen-bond donors (Lipinski definition) is 0. The van der Waals surface area contributed by atoms with Gasteiger partial charge in [-0.3, -0.25) is 4.79 Å². The van der Waals surface area contributed by atoms with Gasteiger partial charge in [0.25, 0.3) is 0 Å². The molecule has 1 aromatic heterocycles. The van der Waals surface area contributed by atoms with Gasteiger partial charge in [-0.05, 0) is 49.9 Å². The molecule has 3 rings (SSSR count). The lowest BCUT2D eigenvalue weighted by Gasteiger charge is -2.21. The second-order valence-corrected chi connectivity index (χ2v) is 9.55. The van der Waals surface area contributed by atoms with Gasteiger partial charge in [0.15, 0.2) is 11.5 Å². The van der Waals surface area contributed by atoms with Crippen LogP contribution in [-0.2, 0) is 17.7 Å². The zero-order chi connectivity index (χ0) is 25.6. The van der Waals surface area contributed by atoms with E-state index in [-0.39, 0.29) is 23.6 Å². The molecular formula is C29H33N3O3. The number of hydrogen-bond acceptors (Lipinski definition) is 5. The zero-order valence-electron chi connectivity index (χ0n) is 21.2. The minimum Gasteiger partial charge on any atom is -0.456 e. The van der Waals surface area contributed by atoms with Crippen LogP contribution in [0.1, 0.15) is 91.8 Å². The number of aromatic nitrogens is 2. The van der Waals surface area contributed by atoms with Gasteiger partial charge in [0.2, 0.25) is 0 Å². The Morgan fingerprint density at radius 3 is 2.40 bits per heavy atom. The highest BCUT2D eigenvalue weighted by Crippen LogP contribution is 2.28. The number of ether oxygens (including phenoxy) is 1. The van der Waals surface area contributed by atoms with Crippen molar-refractivity contribution in [2.45, 2.75) is 72.4 Å². The van der Waals surface area contributed by atoms with E-state index in [2.05, 4.69) is 18.0 Å². The average Bonchev–Trinajstić information content (AvgIpc) is 3.18. The number of nitrogens with zero attached hydrogens (tertiary/aromatic N) is 3. The topological polar surface area (TPSA) is 85.0 Å². The fraction of sp³-hybridized carbons (Fsp3) is 0.379. The SMILES string of the molecule is CCCCc1nc(C(=O)CC)c(C#N)n1Cc1ccc(-c2ccccc2)c(C(=O)OC(C)(C)C)c1. The summed E-state index contributed by atoms with van der Waals surface area (Å²) in [6, 6.07) is 17.6. The van der Waals surface area contributed by atoms with E-state index in [1.807, 2.05) is 73.9 Å². The molecule has 3 aromatic rings. The first-order valence-corrected chi connectivity index (χ1v) is 12.1. The van der Waals surface area contributed by atoms with Crippen LogP contribution >= 0.6 is 0 Å². The molecule has 0 aliphatic rings. The molecule has 0 aliphatic heterocycles. The number of benzene rings is 2. The minimum atomic E-state index is -0.637. The van der Waals surface area contributed by atoms with Crippen LogP contribution in [0.15, 0.2) is 48.5 Å².